The zero-order valence-corrected chi connectivity index (χ0v) is 12.3. The Morgan fingerprint density at radius 2 is 1.76 bits per heavy atom. The van der Waals surface area contributed by atoms with Crippen LogP contribution in [-0.2, 0) is 0 Å². The van der Waals surface area contributed by atoms with E-state index in [9.17, 15) is 0 Å². The number of nitrogens with zero attached hydrogens (tertiary/aromatic N) is 1. The molecule has 2 unspecified atom stereocenters. The zero-order valence-electron chi connectivity index (χ0n) is 12.3. The number of hydrogen-bond acceptors (Lipinski definition) is 2. The first-order chi connectivity index (χ1) is 8.00. The smallest absolute Gasteiger partial charge is 0.0329 e. The molecule has 0 bridgehead atoms. The van der Waals surface area contributed by atoms with Crippen molar-refractivity contribution in [2.24, 2.45) is 11.7 Å². The van der Waals surface area contributed by atoms with Gasteiger partial charge in [-0.2, -0.15) is 0 Å². The van der Waals surface area contributed by atoms with Crippen LogP contribution >= 0.6 is 0 Å². The SMILES string of the molecule is CCC(C)(C(N)CCCC(C)C)N1CCCC1. The lowest BCUT2D eigenvalue weighted by molar-refractivity contribution is 0.0950. The van der Waals surface area contributed by atoms with E-state index < -0.39 is 0 Å². The zero-order chi connectivity index (χ0) is 12.9. The molecular weight excluding hydrogens is 208 g/mol. The van der Waals surface area contributed by atoms with Crippen molar-refractivity contribution in [3.05, 3.63) is 0 Å². The molecule has 2 heteroatoms. The fourth-order valence-electron chi connectivity index (χ4n) is 3.01. The molecule has 0 radical (unpaired) electrons. The number of likely N-dealkylation sites (tertiary alicyclic amines) is 1. The van der Waals surface area contributed by atoms with Crippen LogP contribution in [0.2, 0.25) is 0 Å². The largest absolute Gasteiger partial charge is 0.326 e. The molecule has 1 fully saturated rings. The molecule has 0 aromatic carbocycles. The summed E-state index contributed by atoms with van der Waals surface area (Å²) >= 11 is 0. The van der Waals surface area contributed by atoms with E-state index in [-0.39, 0.29) is 5.54 Å². The van der Waals surface area contributed by atoms with E-state index in [4.69, 9.17) is 5.73 Å². The first kappa shape index (κ1) is 15.0. The first-order valence-corrected chi connectivity index (χ1v) is 7.51. The highest BCUT2D eigenvalue weighted by Gasteiger charge is 2.36. The van der Waals surface area contributed by atoms with Crippen molar-refractivity contribution >= 4 is 0 Å². The third-order valence-electron chi connectivity index (χ3n) is 4.64. The summed E-state index contributed by atoms with van der Waals surface area (Å²) in [5.74, 6) is 0.807. The third kappa shape index (κ3) is 3.96. The molecule has 17 heavy (non-hydrogen) atoms. The van der Waals surface area contributed by atoms with Crippen molar-refractivity contribution < 1.29 is 0 Å². The fourth-order valence-corrected chi connectivity index (χ4v) is 3.01. The average molecular weight is 240 g/mol. The van der Waals surface area contributed by atoms with Gasteiger partial charge in [-0.15, -0.1) is 0 Å². The van der Waals surface area contributed by atoms with Gasteiger partial charge in [0.2, 0.25) is 0 Å². The summed E-state index contributed by atoms with van der Waals surface area (Å²) in [5.41, 5.74) is 6.72. The van der Waals surface area contributed by atoms with Gasteiger partial charge in [0.15, 0.2) is 0 Å². The van der Waals surface area contributed by atoms with Crippen LogP contribution < -0.4 is 5.73 Å². The van der Waals surface area contributed by atoms with Crippen molar-refractivity contribution in [1.82, 2.24) is 4.90 Å². The van der Waals surface area contributed by atoms with Crippen LogP contribution in [0.4, 0.5) is 0 Å². The van der Waals surface area contributed by atoms with Gasteiger partial charge in [0.1, 0.15) is 0 Å². The molecule has 1 heterocycles. The average Bonchev–Trinajstić information content (AvgIpc) is 2.81. The molecule has 0 spiro atoms. The molecular formula is C15H32N2. The van der Waals surface area contributed by atoms with Gasteiger partial charge in [0.25, 0.3) is 0 Å². The maximum atomic E-state index is 6.49. The minimum absolute atomic E-state index is 0.230. The van der Waals surface area contributed by atoms with E-state index in [0.29, 0.717) is 6.04 Å². The molecule has 2 atom stereocenters. The molecule has 0 aromatic rings. The second-order valence-electron chi connectivity index (χ2n) is 6.34. The first-order valence-electron chi connectivity index (χ1n) is 7.51. The van der Waals surface area contributed by atoms with Gasteiger partial charge in [-0.25, -0.2) is 0 Å². The van der Waals surface area contributed by atoms with E-state index in [1.165, 1.54) is 51.6 Å². The summed E-state index contributed by atoms with van der Waals surface area (Å²) < 4.78 is 0. The molecule has 1 saturated heterocycles. The maximum absolute atomic E-state index is 6.49. The Morgan fingerprint density at radius 3 is 2.24 bits per heavy atom. The Hall–Kier alpha value is -0.0800. The quantitative estimate of drug-likeness (QED) is 0.739. The highest BCUT2D eigenvalue weighted by molar-refractivity contribution is 4.96. The van der Waals surface area contributed by atoms with Gasteiger partial charge < -0.3 is 5.73 Å². The van der Waals surface area contributed by atoms with Crippen molar-refractivity contribution in [3.63, 3.8) is 0 Å². The number of nitrogens with two attached hydrogens (primary N) is 1. The Kier molecular flexibility index (Phi) is 5.94. The van der Waals surface area contributed by atoms with Gasteiger partial charge in [0.05, 0.1) is 0 Å². The lowest BCUT2D eigenvalue weighted by atomic mass is 9.84. The monoisotopic (exact) mass is 240 g/mol. The van der Waals surface area contributed by atoms with Crippen LogP contribution in [-0.4, -0.2) is 29.6 Å². The van der Waals surface area contributed by atoms with Crippen LogP contribution in [0.5, 0.6) is 0 Å². The second-order valence-corrected chi connectivity index (χ2v) is 6.34. The fraction of sp³-hybridized carbons (Fsp3) is 1.00. The molecule has 0 saturated carbocycles. The van der Waals surface area contributed by atoms with Crippen LogP contribution in [0.1, 0.15) is 66.2 Å². The van der Waals surface area contributed by atoms with E-state index in [1.54, 1.807) is 0 Å². The lowest BCUT2D eigenvalue weighted by Crippen LogP contribution is -2.56. The predicted octanol–water partition coefficient (Wildman–Crippen LogP) is 3.40. The third-order valence-corrected chi connectivity index (χ3v) is 4.64. The molecule has 1 aliphatic heterocycles. The van der Waals surface area contributed by atoms with E-state index >= 15 is 0 Å². The Morgan fingerprint density at radius 1 is 1.18 bits per heavy atom. The molecule has 1 rings (SSSR count). The van der Waals surface area contributed by atoms with E-state index in [2.05, 4.69) is 32.6 Å². The van der Waals surface area contributed by atoms with Crippen LogP contribution in [0.15, 0.2) is 0 Å². The number of rotatable bonds is 7. The van der Waals surface area contributed by atoms with Crippen molar-refractivity contribution in [2.75, 3.05) is 13.1 Å². The highest BCUT2D eigenvalue weighted by atomic mass is 15.2. The minimum Gasteiger partial charge on any atom is -0.326 e. The molecule has 0 aromatic heterocycles. The summed E-state index contributed by atoms with van der Waals surface area (Å²) in [6, 6.07) is 0.337. The topological polar surface area (TPSA) is 29.3 Å². The van der Waals surface area contributed by atoms with Gasteiger partial charge in [-0.1, -0.05) is 33.6 Å². The van der Waals surface area contributed by atoms with E-state index in [0.717, 1.165) is 5.92 Å². The normalized spacial score (nSPS) is 22.9. The van der Waals surface area contributed by atoms with Crippen LogP contribution in [0.3, 0.4) is 0 Å². The maximum Gasteiger partial charge on any atom is 0.0329 e. The predicted molar refractivity (Wildman–Crippen MR) is 76.2 cm³/mol. The van der Waals surface area contributed by atoms with E-state index in [1.807, 2.05) is 0 Å². The lowest BCUT2D eigenvalue weighted by Gasteiger charge is -2.43. The standard InChI is InChI=1S/C15H32N2/c1-5-15(4,17-11-6-7-12-17)14(16)10-8-9-13(2)3/h13-14H,5-12,16H2,1-4H3. The van der Waals surface area contributed by atoms with Crippen LogP contribution in [0.25, 0.3) is 0 Å². The molecule has 2 N–H and O–H groups in total. The highest BCUT2D eigenvalue weighted by Crippen LogP contribution is 2.29. The Labute approximate surface area is 108 Å². The summed E-state index contributed by atoms with van der Waals surface area (Å²) in [5, 5.41) is 0. The summed E-state index contributed by atoms with van der Waals surface area (Å²) in [7, 11) is 0. The molecule has 0 amide bonds. The molecule has 102 valence electrons. The Bertz CT molecular complexity index is 209. The van der Waals surface area contributed by atoms with Gasteiger partial charge >= 0.3 is 0 Å². The minimum atomic E-state index is 0.230. The molecule has 2 nitrogen and oxygen atoms in total. The van der Waals surface area contributed by atoms with Crippen molar-refractivity contribution in [3.8, 4) is 0 Å². The van der Waals surface area contributed by atoms with Gasteiger partial charge in [-0.05, 0) is 51.6 Å². The summed E-state index contributed by atoms with van der Waals surface area (Å²) in [6.07, 6.45) is 7.66. The number of hydrogen-bond donors (Lipinski definition) is 1. The van der Waals surface area contributed by atoms with Gasteiger partial charge in [0, 0.05) is 11.6 Å². The van der Waals surface area contributed by atoms with Crippen LogP contribution in [0, 0.1) is 5.92 Å². The van der Waals surface area contributed by atoms with Crippen molar-refractivity contribution in [2.45, 2.75) is 77.8 Å². The van der Waals surface area contributed by atoms with Gasteiger partial charge in [-0.3, -0.25) is 4.90 Å². The van der Waals surface area contributed by atoms with Crippen molar-refractivity contribution in [1.29, 1.82) is 0 Å². The molecule has 0 aliphatic carbocycles. The summed E-state index contributed by atoms with van der Waals surface area (Å²) in [6.45, 7) is 11.8. The Balaban J connectivity index is 2.46. The molecule has 1 aliphatic rings. The summed E-state index contributed by atoms with van der Waals surface area (Å²) in [4.78, 5) is 2.63. The second kappa shape index (κ2) is 6.75.